The van der Waals surface area contributed by atoms with Gasteiger partial charge in [0.2, 0.25) is 13.3 Å². The fourth-order valence-electron chi connectivity index (χ4n) is 9.08. The monoisotopic (exact) mass is 940 g/mol. The van der Waals surface area contributed by atoms with Crippen LogP contribution in [-0.4, -0.2) is 80.5 Å². The molecule has 1 amide bonds. The first-order chi connectivity index (χ1) is 30.2. The lowest BCUT2D eigenvalue weighted by Gasteiger charge is -2.35. The van der Waals surface area contributed by atoms with Gasteiger partial charge in [-0.15, -0.1) is 17.9 Å². The predicted octanol–water partition coefficient (Wildman–Crippen LogP) is 10.4. The number of carbonyl (C=O) groups is 3. The van der Waals surface area contributed by atoms with E-state index in [4.69, 9.17) is 35.8 Å². The van der Waals surface area contributed by atoms with Crippen LogP contribution in [0.4, 0.5) is 13.9 Å². The van der Waals surface area contributed by atoms with Gasteiger partial charge >= 0.3 is 5.97 Å². The zero-order chi connectivity index (χ0) is 46.3. The summed E-state index contributed by atoms with van der Waals surface area (Å²) in [4.78, 5) is 66.1. The number of nitrogens with zero attached hydrogens (tertiary/aromatic N) is 3. The summed E-state index contributed by atoms with van der Waals surface area (Å²) >= 11 is 7.38. The van der Waals surface area contributed by atoms with Crippen LogP contribution in [0.5, 0.6) is 11.5 Å². The number of aromatic nitrogens is 2. The predicted molar refractivity (Wildman–Crippen MR) is 244 cm³/mol. The number of allylic oxidation sites excluding steroid dienone is 1. The highest BCUT2D eigenvalue weighted by molar-refractivity contribution is 7.59. The molecule has 2 aromatic heterocycles. The largest absolute Gasteiger partial charge is 0.497 e. The van der Waals surface area contributed by atoms with Crippen LogP contribution in [0.15, 0.2) is 54.4 Å². The van der Waals surface area contributed by atoms with Crippen molar-refractivity contribution in [3.63, 3.8) is 0 Å². The fourth-order valence-corrected chi connectivity index (χ4v) is 12.6. The van der Waals surface area contributed by atoms with Gasteiger partial charge in [0.05, 0.1) is 59.6 Å². The van der Waals surface area contributed by atoms with Gasteiger partial charge in [0, 0.05) is 47.3 Å². The maximum Gasteiger partial charge on any atom is 0.306 e. The van der Waals surface area contributed by atoms with Gasteiger partial charge in [0.1, 0.15) is 41.0 Å². The quantitative estimate of drug-likeness (QED) is 0.0449. The van der Waals surface area contributed by atoms with Crippen LogP contribution in [0.3, 0.4) is 0 Å². The molecule has 2 aromatic carbocycles. The SMILES string of the molecule is C=C[C@@H]1C[C@]1(CC(=O)[C@@H]1C[C@@H](Oc2cc(-c3csc(NC(C)C)n3)nc3cc(OC)ccc23)CN1C(=O)[C@@H](CC(=O)OC1CCCC1)C(C)(C)C)P(=O)(O)Cc1c(F)ccc(Cl)c1F. The summed E-state index contributed by atoms with van der Waals surface area (Å²) in [6.45, 7) is 13.4. The van der Waals surface area contributed by atoms with Crippen molar-refractivity contribution in [2.75, 3.05) is 19.0 Å². The Balaban J connectivity index is 1.23. The number of benzene rings is 2. The Kier molecular flexibility index (Phi) is 14.0. The standard InChI is InChI=1S/C47H56ClF2N4O8PS/c1-8-27-21-47(27,63(58,59)24-32-35(49)16-15-34(48)43(32)50)22-40(55)39-18-30(23-54(39)44(57)33(46(4,5)6)19-42(56)62-28-11-9-10-12-28)61-41-20-37(38-25-64-45(53-38)51-26(2)3)52-36-17-29(60-7)13-14-31(36)41/h8,13-17,20,25-28,30,33,39H,1,9-12,18-19,21-24H2,2-7H3,(H,51,53)(H,58,59)/t27-,30-,33-,39+,47-/m1/s1. The number of thiazole rings is 1. The maximum absolute atomic E-state index is 15.1. The van der Waals surface area contributed by atoms with E-state index in [2.05, 4.69) is 11.9 Å². The molecule has 0 spiro atoms. The second-order valence-electron chi connectivity index (χ2n) is 18.7. The fraction of sp³-hybridized carbons (Fsp3) is 0.511. The van der Waals surface area contributed by atoms with Crippen molar-refractivity contribution in [2.24, 2.45) is 17.3 Å². The van der Waals surface area contributed by atoms with Gasteiger partial charge in [-0.2, -0.15) is 0 Å². The minimum absolute atomic E-state index is 0.00450. The molecule has 344 valence electrons. The van der Waals surface area contributed by atoms with Crippen LogP contribution < -0.4 is 14.8 Å². The number of anilines is 1. The zero-order valence-electron chi connectivity index (χ0n) is 37.0. The van der Waals surface area contributed by atoms with Crippen molar-refractivity contribution in [3.05, 3.63) is 76.7 Å². The number of ketones is 1. The Hall–Kier alpha value is -4.43. The molecule has 2 aliphatic carbocycles. The minimum Gasteiger partial charge on any atom is -0.497 e. The van der Waals surface area contributed by atoms with Crippen molar-refractivity contribution >= 4 is 64.0 Å². The topological polar surface area (TPSA) is 157 Å². The van der Waals surface area contributed by atoms with E-state index in [0.717, 1.165) is 37.8 Å². The maximum atomic E-state index is 15.1. The van der Waals surface area contributed by atoms with Crippen LogP contribution >= 0.6 is 30.3 Å². The Bertz CT molecular complexity index is 2490. The van der Waals surface area contributed by atoms with Crippen molar-refractivity contribution in [1.82, 2.24) is 14.9 Å². The molecule has 0 radical (unpaired) electrons. The number of carbonyl (C=O) groups excluding carboxylic acids is 3. The number of nitrogens with one attached hydrogen (secondary N) is 1. The summed E-state index contributed by atoms with van der Waals surface area (Å²) in [5, 5.41) is 4.55. The van der Waals surface area contributed by atoms with Crippen molar-refractivity contribution in [2.45, 2.75) is 122 Å². The number of esters is 1. The molecule has 3 heterocycles. The van der Waals surface area contributed by atoms with E-state index in [0.29, 0.717) is 38.9 Å². The molecular weight excluding hydrogens is 885 g/mol. The molecule has 1 unspecified atom stereocenters. The van der Waals surface area contributed by atoms with E-state index < -0.39 is 94.4 Å². The van der Waals surface area contributed by atoms with E-state index in [-0.39, 0.29) is 38.0 Å². The Morgan fingerprint density at radius 2 is 1.84 bits per heavy atom. The molecule has 12 nitrogen and oxygen atoms in total. The number of fused-ring (bicyclic) bond motifs is 1. The molecule has 3 fully saturated rings. The summed E-state index contributed by atoms with van der Waals surface area (Å²) < 4.78 is 62.6. The zero-order valence-corrected chi connectivity index (χ0v) is 39.5. The summed E-state index contributed by atoms with van der Waals surface area (Å²) in [7, 11) is -3.01. The first-order valence-electron chi connectivity index (χ1n) is 21.7. The van der Waals surface area contributed by atoms with Gasteiger partial charge in [-0.3, -0.25) is 18.9 Å². The van der Waals surface area contributed by atoms with Crippen LogP contribution in [0.1, 0.15) is 91.5 Å². The highest BCUT2D eigenvalue weighted by atomic mass is 35.5. The molecule has 0 bridgehead atoms. The third-order valence-corrected chi connectivity index (χ3v) is 16.6. The second kappa shape index (κ2) is 18.8. The normalized spacial score (nSPS) is 22.6. The molecule has 2 saturated carbocycles. The third kappa shape index (κ3) is 10.0. The van der Waals surface area contributed by atoms with E-state index in [1.165, 1.54) is 22.3 Å². The average molecular weight is 941 g/mol. The number of halogens is 3. The molecule has 1 aliphatic heterocycles. The van der Waals surface area contributed by atoms with E-state index in [9.17, 15) is 28.2 Å². The number of likely N-dealkylation sites (tertiary alicyclic amines) is 1. The van der Waals surface area contributed by atoms with E-state index in [1.807, 2.05) is 46.1 Å². The van der Waals surface area contributed by atoms with Crippen molar-refractivity contribution < 1.29 is 46.8 Å². The van der Waals surface area contributed by atoms with Crippen LogP contribution in [-0.2, 0) is 29.8 Å². The lowest BCUT2D eigenvalue weighted by molar-refractivity contribution is -0.156. The number of rotatable bonds is 17. The van der Waals surface area contributed by atoms with Crippen LogP contribution in [0.2, 0.25) is 5.02 Å². The number of pyridine rings is 1. The second-order valence-corrected chi connectivity index (χ2v) is 22.6. The van der Waals surface area contributed by atoms with Gasteiger partial charge in [-0.1, -0.05) is 38.4 Å². The van der Waals surface area contributed by atoms with E-state index >= 15 is 4.39 Å². The molecule has 17 heteroatoms. The first kappa shape index (κ1) is 47.5. The van der Waals surface area contributed by atoms with Gasteiger partial charge < -0.3 is 29.3 Å². The Morgan fingerprint density at radius 3 is 2.50 bits per heavy atom. The third-order valence-electron chi connectivity index (χ3n) is 12.8. The smallest absolute Gasteiger partial charge is 0.306 e. The summed E-state index contributed by atoms with van der Waals surface area (Å²) in [6.07, 6.45) is 2.42. The number of Topliss-reactive ketones (excluding diaryl/α,β-unsaturated/α-hetero) is 1. The highest BCUT2D eigenvalue weighted by Crippen LogP contribution is 2.74. The summed E-state index contributed by atoms with van der Waals surface area (Å²) in [5.41, 5.74) is 0.294. The van der Waals surface area contributed by atoms with Gasteiger partial charge in [-0.25, -0.2) is 18.7 Å². The molecule has 2 N–H and O–H groups in total. The average Bonchev–Trinajstić information content (AvgIpc) is 3.63. The van der Waals surface area contributed by atoms with E-state index in [1.54, 1.807) is 25.3 Å². The van der Waals surface area contributed by atoms with Gasteiger partial charge in [0.25, 0.3) is 0 Å². The van der Waals surface area contributed by atoms with Crippen molar-refractivity contribution in [1.29, 1.82) is 0 Å². The number of methoxy groups -OCH3 is 1. The lowest BCUT2D eigenvalue weighted by Crippen LogP contribution is -2.48. The first-order valence-corrected chi connectivity index (χ1v) is 24.8. The molecule has 3 aliphatic rings. The molecule has 7 rings (SSSR count). The van der Waals surface area contributed by atoms with Crippen LogP contribution in [0, 0.1) is 28.9 Å². The lowest BCUT2D eigenvalue weighted by atomic mass is 9.77. The highest BCUT2D eigenvalue weighted by Gasteiger charge is 2.65. The molecule has 1 saturated heterocycles. The Labute approximate surface area is 381 Å². The van der Waals surface area contributed by atoms with Crippen LogP contribution in [0.25, 0.3) is 22.3 Å². The molecular formula is C47H56ClF2N4O8PS. The number of amides is 1. The molecule has 4 aromatic rings. The number of hydrogen-bond donors (Lipinski definition) is 2. The Morgan fingerprint density at radius 1 is 1.11 bits per heavy atom. The van der Waals surface area contributed by atoms with Gasteiger partial charge in [-0.05, 0) is 81.5 Å². The van der Waals surface area contributed by atoms with Crippen molar-refractivity contribution in [3.8, 4) is 22.9 Å². The van der Waals surface area contributed by atoms with Gasteiger partial charge in [0.15, 0.2) is 10.9 Å². The molecule has 6 atom stereocenters. The minimum atomic E-state index is -4.57. The number of hydrogen-bond acceptors (Lipinski definition) is 11. The summed E-state index contributed by atoms with van der Waals surface area (Å²) in [6, 6.07) is 8.10. The molecule has 64 heavy (non-hydrogen) atoms. The number of ether oxygens (including phenoxy) is 3. The summed E-state index contributed by atoms with van der Waals surface area (Å²) in [5.74, 6) is -4.19.